The number of hydrogen-bond acceptors (Lipinski definition) is 2. The largest absolute Gasteiger partial charge is 0.496 e. The second-order valence-corrected chi connectivity index (χ2v) is 5.06. The normalized spacial score (nSPS) is 10.5. The molecule has 4 heteroatoms. The van der Waals surface area contributed by atoms with Crippen molar-refractivity contribution in [2.45, 2.75) is 13.1 Å². The van der Waals surface area contributed by atoms with Gasteiger partial charge in [-0.3, -0.25) is 0 Å². The van der Waals surface area contributed by atoms with Crippen LogP contribution in [0, 0.1) is 5.82 Å². The van der Waals surface area contributed by atoms with Crippen LogP contribution in [0.4, 0.5) is 4.39 Å². The van der Waals surface area contributed by atoms with Crippen LogP contribution in [-0.2, 0) is 13.1 Å². The number of ether oxygens (including phenoxy) is 1. The number of hydrogen-bond donors (Lipinski definition) is 1. The van der Waals surface area contributed by atoms with Crippen molar-refractivity contribution in [2.75, 3.05) is 7.11 Å². The Labute approximate surface area is 120 Å². The highest BCUT2D eigenvalue weighted by Crippen LogP contribution is 2.25. The van der Waals surface area contributed by atoms with Crippen LogP contribution in [0.3, 0.4) is 0 Å². The minimum Gasteiger partial charge on any atom is -0.496 e. The van der Waals surface area contributed by atoms with Gasteiger partial charge in [-0.2, -0.15) is 0 Å². The second kappa shape index (κ2) is 6.68. The van der Waals surface area contributed by atoms with Crippen molar-refractivity contribution >= 4 is 15.9 Å². The van der Waals surface area contributed by atoms with Gasteiger partial charge in [0.1, 0.15) is 11.6 Å². The van der Waals surface area contributed by atoms with Gasteiger partial charge in [-0.15, -0.1) is 0 Å². The minimum absolute atomic E-state index is 0.202. The van der Waals surface area contributed by atoms with Gasteiger partial charge in [0.15, 0.2) is 0 Å². The fourth-order valence-electron chi connectivity index (χ4n) is 1.82. The Balaban J connectivity index is 1.90. The molecule has 0 aliphatic carbocycles. The highest BCUT2D eigenvalue weighted by molar-refractivity contribution is 9.10. The fourth-order valence-corrected chi connectivity index (χ4v) is 2.41. The van der Waals surface area contributed by atoms with E-state index in [-0.39, 0.29) is 5.82 Å². The molecule has 0 saturated heterocycles. The lowest BCUT2D eigenvalue weighted by atomic mass is 10.2. The molecule has 2 nitrogen and oxygen atoms in total. The zero-order valence-electron chi connectivity index (χ0n) is 10.6. The van der Waals surface area contributed by atoms with Crippen LogP contribution in [0.2, 0.25) is 0 Å². The molecule has 0 heterocycles. The molecule has 0 aromatic heterocycles. The topological polar surface area (TPSA) is 21.3 Å². The number of rotatable bonds is 5. The number of methoxy groups -OCH3 is 1. The van der Waals surface area contributed by atoms with Gasteiger partial charge in [-0.05, 0) is 51.3 Å². The summed E-state index contributed by atoms with van der Waals surface area (Å²) in [6.07, 6.45) is 0. The van der Waals surface area contributed by atoms with E-state index in [4.69, 9.17) is 4.74 Å². The van der Waals surface area contributed by atoms with E-state index in [1.807, 2.05) is 24.3 Å². The zero-order valence-corrected chi connectivity index (χ0v) is 12.2. The molecule has 2 rings (SSSR count). The number of halogens is 2. The zero-order chi connectivity index (χ0) is 13.7. The first-order chi connectivity index (χ1) is 9.19. The third-order valence-corrected chi connectivity index (χ3v) is 3.38. The van der Waals surface area contributed by atoms with Gasteiger partial charge in [0, 0.05) is 13.1 Å². The molecule has 0 fully saturated rings. The van der Waals surface area contributed by atoms with E-state index < -0.39 is 0 Å². The standard InChI is InChI=1S/C15H15BrFNO/c1-19-15-6-5-12(8-14(15)16)10-18-9-11-3-2-4-13(17)7-11/h2-8,18H,9-10H2,1H3. The van der Waals surface area contributed by atoms with Crippen molar-refractivity contribution in [1.29, 1.82) is 0 Å². The van der Waals surface area contributed by atoms with Crippen LogP contribution in [0.25, 0.3) is 0 Å². The summed E-state index contributed by atoms with van der Waals surface area (Å²) >= 11 is 3.45. The lowest BCUT2D eigenvalue weighted by molar-refractivity contribution is 0.412. The first-order valence-electron chi connectivity index (χ1n) is 5.96. The second-order valence-electron chi connectivity index (χ2n) is 4.20. The van der Waals surface area contributed by atoms with Gasteiger partial charge in [0.2, 0.25) is 0 Å². The average molecular weight is 324 g/mol. The summed E-state index contributed by atoms with van der Waals surface area (Å²) in [4.78, 5) is 0. The predicted octanol–water partition coefficient (Wildman–Crippen LogP) is 3.89. The lowest BCUT2D eigenvalue weighted by Gasteiger charge is -2.08. The monoisotopic (exact) mass is 323 g/mol. The maximum Gasteiger partial charge on any atom is 0.133 e. The molecular formula is C15H15BrFNO. The van der Waals surface area contributed by atoms with E-state index in [0.717, 1.165) is 27.9 Å². The number of nitrogens with one attached hydrogen (secondary N) is 1. The molecule has 0 saturated carbocycles. The first-order valence-corrected chi connectivity index (χ1v) is 6.76. The smallest absolute Gasteiger partial charge is 0.133 e. The predicted molar refractivity (Wildman–Crippen MR) is 77.6 cm³/mol. The molecule has 0 atom stereocenters. The maximum atomic E-state index is 13.0. The molecule has 2 aromatic rings. The summed E-state index contributed by atoms with van der Waals surface area (Å²) in [5.74, 6) is 0.611. The Morgan fingerprint density at radius 1 is 1.11 bits per heavy atom. The molecule has 0 radical (unpaired) electrons. The van der Waals surface area contributed by atoms with Gasteiger partial charge in [0.05, 0.1) is 11.6 Å². The van der Waals surface area contributed by atoms with E-state index in [1.165, 1.54) is 12.1 Å². The summed E-state index contributed by atoms with van der Waals surface area (Å²) in [6, 6.07) is 12.5. The molecule has 1 N–H and O–H groups in total. The third-order valence-electron chi connectivity index (χ3n) is 2.76. The van der Waals surface area contributed by atoms with Crippen LogP contribution in [0.15, 0.2) is 46.9 Å². The van der Waals surface area contributed by atoms with Crippen LogP contribution in [-0.4, -0.2) is 7.11 Å². The van der Waals surface area contributed by atoms with Gasteiger partial charge in [-0.25, -0.2) is 4.39 Å². The molecule has 0 aliphatic rings. The maximum absolute atomic E-state index is 13.0. The van der Waals surface area contributed by atoms with Crippen molar-refractivity contribution in [1.82, 2.24) is 5.32 Å². The molecule has 0 amide bonds. The Morgan fingerprint density at radius 3 is 2.47 bits per heavy atom. The fraction of sp³-hybridized carbons (Fsp3) is 0.200. The van der Waals surface area contributed by atoms with Crippen molar-refractivity contribution in [2.24, 2.45) is 0 Å². The Bertz CT molecular complexity index is 560. The highest BCUT2D eigenvalue weighted by atomic mass is 79.9. The van der Waals surface area contributed by atoms with E-state index in [0.29, 0.717) is 6.54 Å². The molecular weight excluding hydrogens is 309 g/mol. The summed E-state index contributed by atoms with van der Waals surface area (Å²) in [5.41, 5.74) is 2.08. The molecule has 19 heavy (non-hydrogen) atoms. The molecule has 0 aliphatic heterocycles. The molecule has 100 valence electrons. The van der Waals surface area contributed by atoms with Crippen molar-refractivity contribution in [3.63, 3.8) is 0 Å². The van der Waals surface area contributed by atoms with Crippen molar-refractivity contribution in [3.8, 4) is 5.75 Å². The van der Waals surface area contributed by atoms with E-state index in [1.54, 1.807) is 13.2 Å². The summed E-state index contributed by atoms with van der Waals surface area (Å²) in [7, 11) is 1.64. The average Bonchev–Trinajstić information content (AvgIpc) is 2.39. The number of benzene rings is 2. The summed E-state index contributed by atoms with van der Waals surface area (Å²) < 4.78 is 19.1. The molecule has 0 bridgehead atoms. The molecule has 0 unspecified atom stereocenters. The SMILES string of the molecule is COc1ccc(CNCc2cccc(F)c2)cc1Br. The van der Waals surface area contributed by atoms with Crippen LogP contribution in [0.5, 0.6) is 5.75 Å². The van der Waals surface area contributed by atoms with Crippen LogP contribution < -0.4 is 10.1 Å². The van der Waals surface area contributed by atoms with E-state index in [2.05, 4.69) is 21.2 Å². The Morgan fingerprint density at radius 2 is 1.84 bits per heavy atom. The quantitative estimate of drug-likeness (QED) is 0.901. The summed E-state index contributed by atoms with van der Waals surface area (Å²) in [5, 5.41) is 3.28. The van der Waals surface area contributed by atoms with Crippen molar-refractivity contribution < 1.29 is 9.13 Å². The minimum atomic E-state index is -0.202. The first kappa shape index (κ1) is 14.0. The highest BCUT2D eigenvalue weighted by Gasteiger charge is 2.01. The van der Waals surface area contributed by atoms with Crippen molar-refractivity contribution in [3.05, 3.63) is 63.9 Å². The van der Waals surface area contributed by atoms with Gasteiger partial charge in [0.25, 0.3) is 0 Å². The van der Waals surface area contributed by atoms with Gasteiger partial charge >= 0.3 is 0 Å². The Hall–Kier alpha value is -1.39. The molecule has 0 spiro atoms. The Kier molecular flexibility index (Phi) is 4.93. The van der Waals surface area contributed by atoms with E-state index >= 15 is 0 Å². The van der Waals surface area contributed by atoms with E-state index in [9.17, 15) is 4.39 Å². The summed E-state index contributed by atoms with van der Waals surface area (Å²) in [6.45, 7) is 1.36. The van der Waals surface area contributed by atoms with Crippen LogP contribution >= 0.6 is 15.9 Å². The van der Waals surface area contributed by atoms with Crippen LogP contribution in [0.1, 0.15) is 11.1 Å². The molecule has 2 aromatic carbocycles. The lowest BCUT2D eigenvalue weighted by Crippen LogP contribution is -2.12. The van der Waals surface area contributed by atoms with Gasteiger partial charge < -0.3 is 10.1 Å². The van der Waals surface area contributed by atoms with Gasteiger partial charge in [-0.1, -0.05) is 18.2 Å². The third kappa shape index (κ3) is 4.04.